The van der Waals surface area contributed by atoms with Crippen LogP contribution in [0.15, 0.2) is 53.1 Å². The Balaban J connectivity index is 1.92. The van der Waals surface area contributed by atoms with Gasteiger partial charge in [0.2, 0.25) is 0 Å². The molecule has 0 aliphatic heterocycles. The molecule has 4 aromatic rings. The van der Waals surface area contributed by atoms with Gasteiger partial charge in [-0.05, 0) is 41.7 Å². The first-order valence-electron chi connectivity index (χ1n) is 8.57. The number of aromatic nitrogens is 1. The maximum absolute atomic E-state index is 13.6. The minimum absolute atomic E-state index is 0.116. The van der Waals surface area contributed by atoms with Crippen molar-refractivity contribution in [3.05, 3.63) is 65.1 Å². The lowest BCUT2D eigenvalue weighted by molar-refractivity contribution is 0.411. The normalized spacial score (nSPS) is 12.2. The van der Waals surface area contributed by atoms with Gasteiger partial charge in [-0.15, -0.1) is 0 Å². The lowest BCUT2D eigenvalue weighted by atomic mass is 9.88. The lowest BCUT2D eigenvalue weighted by Crippen LogP contribution is -2.09. The molecule has 0 unspecified atom stereocenters. The summed E-state index contributed by atoms with van der Waals surface area (Å²) in [7, 11) is 0. The quantitative estimate of drug-likeness (QED) is 0.380. The van der Waals surface area contributed by atoms with E-state index in [9.17, 15) is 4.39 Å². The number of pyridine rings is 1. The summed E-state index contributed by atoms with van der Waals surface area (Å²) in [5.74, 6) is -0.310. The second kappa shape index (κ2) is 6.10. The smallest absolute Gasteiger partial charge is 0.144 e. The van der Waals surface area contributed by atoms with Gasteiger partial charge in [-0.3, -0.25) is 4.98 Å². The molecular formula is C22H19ClFNO. The van der Waals surface area contributed by atoms with E-state index in [-0.39, 0.29) is 11.2 Å². The maximum Gasteiger partial charge on any atom is 0.144 e. The fourth-order valence-electron chi connectivity index (χ4n) is 3.31. The van der Waals surface area contributed by atoms with E-state index in [1.807, 2.05) is 24.3 Å². The number of hydrogen-bond donors (Lipinski definition) is 0. The van der Waals surface area contributed by atoms with Crippen LogP contribution in [0.1, 0.15) is 26.3 Å². The van der Waals surface area contributed by atoms with Gasteiger partial charge in [0.15, 0.2) is 0 Å². The van der Waals surface area contributed by atoms with Crippen molar-refractivity contribution < 1.29 is 8.81 Å². The van der Waals surface area contributed by atoms with Crippen LogP contribution in [-0.4, -0.2) is 4.98 Å². The van der Waals surface area contributed by atoms with Gasteiger partial charge in [0.1, 0.15) is 17.0 Å². The van der Waals surface area contributed by atoms with Crippen molar-refractivity contribution in [1.29, 1.82) is 0 Å². The molecule has 0 radical (unpaired) electrons. The van der Waals surface area contributed by atoms with Crippen LogP contribution in [-0.2, 0) is 6.42 Å². The Labute approximate surface area is 156 Å². The number of halogens is 2. The summed E-state index contributed by atoms with van der Waals surface area (Å²) in [6.07, 6.45) is 2.54. The molecule has 2 heterocycles. The monoisotopic (exact) mass is 367 g/mol. The zero-order valence-corrected chi connectivity index (χ0v) is 15.7. The molecule has 4 heteroatoms. The van der Waals surface area contributed by atoms with E-state index in [0.29, 0.717) is 16.2 Å². The zero-order valence-electron chi connectivity index (χ0n) is 14.9. The Bertz CT molecular complexity index is 1120. The predicted molar refractivity (Wildman–Crippen MR) is 105 cm³/mol. The molecule has 4 rings (SSSR count). The highest BCUT2D eigenvalue weighted by molar-refractivity contribution is 6.31. The van der Waals surface area contributed by atoms with E-state index < -0.39 is 0 Å². The van der Waals surface area contributed by atoms with Crippen molar-refractivity contribution in [2.75, 3.05) is 0 Å². The van der Waals surface area contributed by atoms with E-state index in [4.69, 9.17) is 16.0 Å². The number of fused-ring (bicyclic) bond motifs is 3. The molecule has 2 nitrogen and oxygen atoms in total. The van der Waals surface area contributed by atoms with Crippen LogP contribution >= 0.6 is 11.6 Å². The summed E-state index contributed by atoms with van der Waals surface area (Å²) >= 11 is 6.36. The van der Waals surface area contributed by atoms with Gasteiger partial charge in [-0.2, -0.15) is 0 Å². The Kier molecular flexibility index (Phi) is 4.00. The second-order valence-corrected chi connectivity index (χ2v) is 8.23. The molecule has 0 fully saturated rings. The van der Waals surface area contributed by atoms with E-state index in [2.05, 4.69) is 25.8 Å². The molecular weight excluding hydrogens is 349 g/mol. The first-order valence-corrected chi connectivity index (χ1v) is 8.95. The third-order valence-electron chi connectivity index (χ3n) is 4.39. The van der Waals surface area contributed by atoms with Crippen molar-refractivity contribution in [1.82, 2.24) is 4.98 Å². The van der Waals surface area contributed by atoms with Crippen LogP contribution in [0, 0.1) is 11.2 Å². The summed E-state index contributed by atoms with van der Waals surface area (Å²) < 4.78 is 19.5. The number of rotatable bonds is 2. The van der Waals surface area contributed by atoms with Crippen LogP contribution in [0.25, 0.3) is 33.2 Å². The fraction of sp³-hybridized carbons (Fsp3) is 0.227. The Morgan fingerprint density at radius 2 is 1.88 bits per heavy atom. The lowest BCUT2D eigenvalue weighted by Gasteiger charge is -2.19. The van der Waals surface area contributed by atoms with Crippen molar-refractivity contribution in [2.24, 2.45) is 5.41 Å². The second-order valence-electron chi connectivity index (χ2n) is 7.82. The minimum Gasteiger partial charge on any atom is -0.455 e. The molecule has 0 N–H and O–H groups in total. The molecule has 2 aromatic heterocycles. The molecule has 0 saturated carbocycles. The van der Waals surface area contributed by atoms with Crippen molar-refractivity contribution >= 4 is 33.5 Å². The molecule has 0 saturated heterocycles. The van der Waals surface area contributed by atoms with E-state index in [1.54, 1.807) is 12.3 Å². The van der Waals surface area contributed by atoms with Crippen LogP contribution in [0.3, 0.4) is 0 Å². The number of nitrogens with zero attached hydrogens (tertiary/aromatic N) is 1. The first-order chi connectivity index (χ1) is 12.3. The molecule has 0 atom stereocenters. The topological polar surface area (TPSA) is 26.0 Å². The highest BCUT2D eigenvalue weighted by Gasteiger charge is 2.17. The highest BCUT2D eigenvalue weighted by atomic mass is 35.5. The molecule has 0 spiro atoms. The van der Waals surface area contributed by atoms with Gasteiger partial charge in [-0.1, -0.05) is 44.5 Å². The van der Waals surface area contributed by atoms with Crippen molar-refractivity contribution in [2.45, 2.75) is 27.2 Å². The van der Waals surface area contributed by atoms with Crippen molar-refractivity contribution in [3.63, 3.8) is 0 Å². The first kappa shape index (κ1) is 17.0. The standard InChI is InChI=1S/C22H19ClFNO/c1-22(2,3)11-13-9-19(25-12-18(13)23)17-6-4-5-16-15-8-7-14(24)10-20(15)26-21(16)17/h4-10,12H,11H2,1-3H3. The Morgan fingerprint density at radius 1 is 1.08 bits per heavy atom. The van der Waals surface area contributed by atoms with E-state index in [0.717, 1.165) is 34.0 Å². The number of benzene rings is 2. The van der Waals surface area contributed by atoms with Gasteiger partial charge < -0.3 is 4.42 Å². The third kappa shape index (κ3) is 3.08. The summed E-state index contributed by atoms with van der Waals surface area (Å²) in [4.78, 5) is 4.51. The molecule has 0 bridgehead atoms. The highest BCUT2D eigenvalue weighted by Crippen LogP contribution is 2.36. The predicted octanol–water partition coefficient (Wildman–Crippen LogP) is 7.03. The Morgan fingerprint density at radius 3 is 2.65 bits per heavy atom. The number of para-hydroxylation sites is 1. The zero-order chi connectivity index (χ0) is 18.5. The van der Waals surface area contributed by atoms with Crippen LogP contribution in [0.4, 0.5) is 4.39 Å². The van der Waals surface area contributed by atoms with Gasteiger partial charge in [-0.25, -0.2) is 4.39 Å². The minimum atomic E-state index is -0.310. The molecule has 26 heavy (non-hydrogen) atoms. The molecule has 2 aromatic carbocycles. The molecule has 132 valence electrons. The average Bonchev–Trinajstić information content (AvgIpc) is 2.93. The van der Waals surface area contributed by atoms with Crippen molar-refractivity contribution in [3.8, 4) is 11.3 Å². The average molecular weight is 368 g/mol. The molecule has 0 aliphatic carbocycles. The van der Waals surface area contributed by atoms with Crippen LogP contribution in [0.2, 0.25) is 5.02 Å². The van der Waals surface area contributed by atoms with Gasteiger partial charge in [0.05, 0.1) is 10.7 Å². The third-order valence-corrected chi connectivity index (χ3v) is 4.73. The van der Waals surface area contributed by atoms with Gasteiger partial charge in [0, 0.05) is 28.6 Å². The SMILES string of the molecule is CC(C)(C)Cc1cc(-c2cccc3c2oc2cc(F)ccc23)ncc1Cl. The van der Waals surface area contributed by atoms with Crippen LogP contribution in [0.5, 0.6) is 0 Å². The van der Waals surface area contributed by atoms with E-state index in [1.165, 1.54) is 12.1 Å². The molecule has 0 aliphatic rings. The summed E-state index contributed by atoms with van der Waals surface area (Å²) in [6.45, 7) is 6.54. The summed E-state index contributed by atoms with van der Waals surface area (Å²) in [5, 5.41) is 2.52. The molecule has 0 amide bonds. The summed E-state index contributed by atoms with van der Waals surface area (Å²) in [5.41, 5.74) is 4.11. The summed E-state index contributed by atoms with van der Waals surface area (Å²) in [6, 6.07) is 12.6. The van der Waals surface area contributed by atoms with Crippen LogP contribution < -0.4 is 0 Å². The number of hydrogen-bond acceptors (Lipinski definition) is 2. The Hall–Kier alpha value is -2.39. The van der Waals surface area contributed by atoms with Gasteiger partial charge in [0.25, 0.3) is 0 Å². The largest absolute Gasteiger partial charge is 0.455 e. The van der Waals surface area contributed by atoms with Gasteiger partial charge >= 0.3 is 0 Å². The fourth-order valence-corrected chi connectivity index (χ4v) is 3.48. The number of furan rings is 1. The van der Waals surface area contributed by atoms with E-state index >= 15 is 0 Å². The maximum atomic E-state index is 13.6.